The van der Waals surface area contributed by atoms with Gasteiger partial charge in [0.05, 0.1) is 5.69 Å². The zero-order valence-corrected chi connectivity index (χ0v) is 12.2. The molecule has 102 valence electrons. The van der Waals surface area contributed by atoms with Gasteiger partial charge >= 0.3 is 0 Å². The molecule has 0 aliphatic rings. The van der Waals surface area contributed by atoms with E-state index in [0.29, 0.717) is 0 Å². The maximum atomic E-state index is 4.62. The van der Waals surface area contributed by atoms with Crippen LogP contribution in [0.5, 0.6) is 0 Å². The minimum atomic E-state index is 0.865. The van der Waals surface area contributed by atoms with Gasteiger partial charge in [-0.2, -0.15) is 5.10 Å². The molecule has 19 heavy (non-hydrogen) atoms. The van der Waals surface area contributed by atoms with E-state index in [9.17, 15) is 0 Å². The number of rotatable bonds is 5. The topological polar surface area (TPSA) is 42.7 Å². The van der Waals surface area contributed by atoms with Gasteiger partial charge in [-0.3, -0.25) is 0 Å². The molecule has 2 aromatic rings. The van der Waals surface area contributed by atoms with Crippen molar-refractivity contribution in [3.8, 4) is 5.69 Å². The molecule has 2 rings (SSSR count). The van der Waals surface area contributed by atoms with Crippen LogP contribution in [0.4, 0.5) is 0 Å². The van der Waals surface area contributed by atoms with Gasteiger partial charge in [0.1, 0.15) is 5.82 Å². The molecular formula is C15H22N4. The number of aromatic nitrogens is 3. The first kappa shape index (κ1) is 13.7. The average Bonchev–Trinajstić information content (AvgIpc) is 2.84. The van der Waals surface area contributed by atoms with E-state index in [1.807, 2.05) is 11.7 Å². The summed E-state index contributed by atoms with van der Waals surface area (Å²) in [6.45, 7) is 7.19. The highest BCUT2D eigenvalue weighted by molar-refractivity contribution is 5.43. The Bertz CT molecular complexity index is 557. The van der Waals surface area contributed by atoms with Crippen LogP contribution in [-0.4, -0.2) is 21.8 Å². The van der Waals surface area contributed by atoms with Crippen LogP contribution in [0.3, 0.4) is 0 Å². The summed E-state index contributed by atoms with van der Waals surface area (Å²) in [5.74, 6) is 1.94. The predicted octanol–water partition coefficient (Wildman–Crippen LogP) is 2.42. The summed E-state index contributed by atoms with van der Waals surface area (Å²) in [7, 11) is 1.96. The summed E-state index contributed by atoms with van der Waals surface area (Å²) >= 11 is 0. The lowest BCUT2D eigenvalue weighted by molar-refractivity contribution is 0.776. The normalized spacial score (nSPS) is 10.9. The first-order chi connectivity index (χ1) is 9.19. The highest BCUT2D eigenvalue weighted by atomic mass is 15.3. The second-order valence-electron chi connectivity index (χ2n) is 4.71. The van der Waals surface area contributed by atoms with Crippen LogP contribution in [0.1, 0.15) is 36.6 Å². The summed E-state index contributed by atoms with van der Waals surface area (Å²) in [4.78, 5) is 4.58. The van der Waals surface area contributed by atoms with Crippen molar-refractivity contribution in [3.05, 3.63) is 41.0 Å². The van der Waals surface area contributed by atoms with Crippen molar-refractivity contribution in [2.75, 3.05) is 7.05 Å². The van der Waals surface area contributed by atoms with Gasteiger partial charge in [0.15, 0.2) is 5.82 Å². The van der Waals surface area contributed by atoms with Crippen LogP contribution in [0.15, 0.2) is 18.2 Å². The minimum Gasteiger partial charge on any atom is -0.316 e. The van der Waals surface area contributed by atoms with Crippen molar-refractivity contribution in [2.45, 2.75) is 40.2 Å². The molecule has 0 spiro atoms. The van der Waals surface area contributed by atoms with Gasteiger partial charge in [0.2, 0.25) is 0 Å². The van der Waals surface area contributed by atoms with Gasteiger partial charge in [-0.25, -0.2) is 9.67 Å². The highest BCUT2D eigenvalue weighted by Crippen LogP contribution is 2.18. The number of nitrogens with zero attached hydrogens (tertiary/aromatic N) is 3. The van der Waals surface area contributed by atoms with Crippen molar-refractivity contribution in [3.63, 3.8) is 0 Å². The second-order valence-corrected chi connectivity index (χ2v) is 4.71. The number of hydrogen-bond donors (Lipinski definition) is 1. The third-order valence-corrected chi connectivity index (χ3v) is 3.23. The molecule has 0 bridgehead atoms. The first-order valence-electron chi connectivity index (χ1n) is 6.88. The molecule has 0 atom stereocenters. The van der Waals surface area contributed by atoms with Crippen molar-refractivity contribution < 1.29 is 0 Å². The standard InChI is InChI=1S/C15H22N4/c1-5-14-17-15(6-2)19(18-14)13-9-12(10-16-4)8-7-11(13)3/h7-9,16H,5-6,10H2,1-4H3. The van der Waals surface area contributed by atoms with E-state index < -0.39 is 0 Å². The molecule has 0 aliphatic heterocycles. The zero-order valence-electron chi connectivity index (χ0n) is 12.2. The molecule has 4 heteroatoms. The fourth-order valence-electron chi connectivity index (χ4n) is 2.16. The fraction of sp³-hybridized carbons (Fsp3) is 0.467. The van der Waals surface area contributed by atoms with E-state index >= 15 is 0 Å². The third kappa shape index (κ3) is 2.84. The maximum Gasteiger partial charge on any atom is 0.151 e. The first-order valence-corrected chi connectivity index (χ1v) is 6.88. The molecule has 1 N–H and O–H groups in total. The molecule has 0 unspecified atom stereocenters. The van der Waals surface area contributed by atoms with E-state index in [4.69, 9.17) is 0 Å². The van der Waals surface area contributed by atoms with Crippen molar-refractivity contribution in [2.24, 2.45) is 0 Å². The molecule has 1 heterocycles. The summed E-state index contributed by atoms with van der Waals surface area (Å²) in [5, 5.41) is 7.80. The lowest BCUT2D eigenvalue weighted by Crippen LogP contribution is -2.08. The predicted molar refractivity (Wildman–Crippen MR) is 77.6 cm³/mol. The van der Waals surface area contributed by atoms with Gasteiger partial charge in [-0.15, -0.1) is 0 Å². The molecule has 4 nitrogen and oxygen atoms in total. The van der Waals surface area contributed by atoms with E-state index in [0.717, 1.165) is 36.7 Å². The Labute approximate surface area is 114 Å². The second kappa shape index (κ2) is 5.97. The Balaban J connectivity index is 2.50. The third-order valence-electron chi connectivity index (χ3n) is 3.23. The molecule has 0 aliphatic carbocycles. The summed E-state index contributed by atoms with van der Waals surface area (Å²) < 4.78 is 1.99. The Morgan fingerprint density at radius 2 is 2.00 bits per heavy atom. The van der Waals surface area contributed by atoms with E-state index in [-0.39, 0.29) is 0 Å². The van der Waals surface area contributed by atoms with Crippen LogP contribution in [0, 0.1) is 6.92 Å². The maximum absolute atomic E-state index is 4.62. The number of hydrogen-bond acceptors (Lipinski definition) is 3. The Morgan fingerprint density at radius 1 is 1.21 bits per heavy atom. The van der Waals surface area contributed by atoms with Gasteiger partial charge < -0.3 is 5.32 Å². The quantitative estimate of drug-likeness (QED) is 0.895. The molecule has 0 radical (unpaired) electrons. The molecule has 0 saturated heterocycles. The lowest BCUT2D eigenvalue weighted by atomic mass is 10.1. The molecule has 1 aromatic carbocycles. The molecule has 0 saturated carbocycles. The molecule has 0 amide bonds. The lowest BCUT2D eigenvalue weighted by Gasteiger charge is -2.10. The summed E-state index contributed by atoms with van der Waals surface area (Å²) in [5.41, 5.74) is 3.62. The van der Waals surface area contributed by atoms with Crippen LogP contribution in [0.25, 0.3) is 5.69 Å². The number of nitrogens with one attached hydrogen (secondary N) is 1. The monoisotopic (exact) mass is 258 g/mol. The number of benzene rings is 1. The van der Waals surface area contributed by atoms with Gasteiger partial charge in [0, 0.05) is 19.4 Å². The largest absolute Gasteiger partial charge is 0.316 e. The summed E-state index contributed by atoms with van der Waals surface area (Å²) in [6, 6.07) is 6.49. The van der Waals surface area contributed by atoms with Crippen LogP contribution in [0.2, 0.25) is 0 Å². The summed E-state index contributed by atoms with van der Waals surface area (Å²) in [6.07, 6.45) is 1.76. The van der Waals surface area contributed by atoms with Crippen molar-refractivity contribution >= 4 is 0 Å². The molecule has 1 aromatic heterocycles. The zero-order chi connectivity index (χ0) is 13.8. The van der Waals surface area contributed by atoms with E-state index in [2.05, 4.69) is 54.4 Å². The van der Waals surface area contributed by atoms with Gasteiger partial charge in [0.25, 0.3) is 0 Å². The van der Waals surface area contributed by atoms with Gasteiger partial charge in [-0.05, 0) is 31.2 Å². The SMILES string of the molecule is CCc1nc(CC)n(-c2cc(CNC)ccc2C)n1. The number of aryl methyl sites for hydroxylation is 3. The van der Waals surface area contributed by atoms with Crippen LogP contribution < -0.4 is 5.32 Å². The van der Waals surface area contributed by atoms with Gasteiger partial charge in [-0.1, -0.05) is 26.0 Å². The highest BCUT2D eigenvalue weighted by Gasteiger charge is 2.11. The van der Waals surface area contributed by atoms with E-state index in [1.54, 1.807) is 0 Å². The Kier molecular flexibility index (Phi) is 4.32. The van der Waals surface area contributed by atoms with E-state index in [1.165, 1.54) is 11.1 Å². The molecule has 0 fully saturated rings. The van der Waals surface area contributed by atoms with Crippen LogP contribution >= 0.6 is 0 Å². The van der Waals surface area contributed by atoms with Crippen molar-refractivity contribution in [1.82, 2.24) is 20.1 Å². The smallest absolute Gasteiger partial charge is 0.151 e. The average molecular weight is 258 g/mol. The minimum absolute atomic E-state index is 0.865. The van der Waals surface area contributed by atoms with Crippen molar-refractivity contribution in [1.29, 1.82) is 0 Å². The fourth-order valence-corrected chi connectivity index (χ4v) is 2.16. The van der Waals surface area contributed by atoms with Crippen LogP contribution in [-0.2, 0) is 19.4 Å². The molecular weight excluding hydrogens is 236 g/mol. The Hall–Kier alpha value is -1.68. The Morgan fingerprint density at radius 3 is 2.63 bits per heavy atom.